The molecule has 1 atom stereocenters. The third kappa shape index (κ3) is 3.96. The molecule has 2 aromatic rings. The molecular formula is C19H21N. The first-order valence-corrected chi connectivity index (χ1v) is 7.34. The van der Waals surface area contributed by atoms with E-state index in [1.807, 2.05) is 6.07 Å². The van der Waals surface area contributed by atoms with E-state index >= 15 is 0 Å². The Bertz CT molecular complexity index is 549. The molecule has 1 nitrogen and oxygen atoms in total. The van der Waals surface area contributed by atoms with Gasteiger partial charge >= 0.3 is 0 Å². The van der Waals surface area contributed by atoms with Gasteiger partial charge in [-0.15, -0.1) is 0 Å². The fourth-order valence-corrected chi connectivity index (χ4v) is 2.61. The highest BCUT2D eigenvalue weighted by atomic mass is 14.2. The number of rotatable bonds is 6. The standard InChI is InChI=1S/C19H21N/c1-2-6-16(13-14-20)15-17-9-11-19(12-10-17)18-7-4-3-5-8-18/h3-5,7-12,16H,2,6,13,15H2,1H3. The second kappa shape index (κ2) is 7.50. The van der Waals surface area contributed by atoms with E-state index in [0.717, 1.165) is 19.3 Å². The molecule has 1 unspecified atom stereocenters. The monoisotopic (exact) mass is 263 g/mol. The molecule has 102 valence electrons. The molecule has 0 aliphatic heterocycles. The summed E-state index contributed by atoms with van der Waals surface area (Å²) in [7, 11) is 0. The summed E-state index contributed by atoms with van der Waals surface area (Å²) >= 11 is 0. The van der Waals surface area contributed by atoms with Gasteiger partial charge in [-0.2, -0.15) is 5.26 Å². The van der Waals surface area contributed by atoms with E-state index in [9.17, 15) is 0 Å². The molecule has 0 bridgehead atoms. The SMILES string of the molecule is CCCC(CC#N)Cc1ccc(-c2ccccc2)cc1. The Morgan fingerprint density at radius 3 is 2.20 bits per heavy atom. The molecule has 0 spiro atoms. The van der Waals surface area contributed by atoms with Crippen LogP contribution in [0, 0.1) is 17.2 Å². The minimum atomic E-state index is 0.493. The van der Waals surface area contributed by atoms with Gasteiger partial charge in [-0.1, -0.05) is 67.9 Å². The Morgan fingerprint density at radius 2 is 1.60 bits per heavy atom. The summed E-state index contributed by atoms with van der Waals surface area (Å²) in [5.74, 6) is 0.493. The molecule has 0 aliphatic carbocycles. The van der Waals surface area contributed by atoms with Gasteiger partial charge in [0.15, 0.2) is 0 Å². The molecule has 2 aromatic carbocycles. The molecule has 0 saturated carbocycles. The van der Waals surface area contributed by atoms with Crippen molar-refractivity contribution in [2.24, 2.45) is 5.92 Å². The zero-order chi connectivity index (χ0) is 14.2. The van der Waals surface area contributed by atoms with Gasteiger partial charge in [-0.25, -0.2) is 0 Å². The first kappa shape index (κ1) is 14.3. The summed E-state index contributed by atoms with van der Waals surface area (Å²) in [6.07, 6.45) is 3.95. The molecule has 0 aliphatic rings. The number of nitrogens with zero attached hydrogens (tertiary/aromatic N) is 1. The van der Waals surface area contributed by atoms with Crippen LogP contribution in [0.5, 0.6) is 0 Å². The van der Waals surface area contributed by atoms with Gasteiger partial charge in [0.2, 0.25) is 0 Å². The predicted molar refractivity (Wildman–Crippen MR) is 84.2 cm³/mol. The summed E-state index contributed by atoms with van der Waals surface area (Å²) in [5, 5.41) is 8.88. The van der Waals surface area contributed by atoms with Crippen molar-refractivity contribution in [2.45, 2.75) is 32.6 Å². The number of hydrogen-bond donors (Lipinski definition) is 0. The van der Waals surface area contributed by atoms with Crippen molar-refractivity contribution < 1.29 is 0 Å². The third-order valence-electron chi connectivity index (χ3n) is 3.66. The van der Waals surface area contributed by atoms with Crippen LogP contribution in [-0.4, -0.2) is 0 Å². The molecule has 0 amide bonds. The highest BCUT2D eigenvalue weighted by molar-refractivity contribution is 5.63. The van der Waals surface area contributed by atoms with Gasteiger partial charge in [0.05, 0.1) is 6.07 Å². The quantitative estimate of drug-likeness (QED) is 0.700. The van der Waals surface area contributed by atoms with Crippen LogP contribution < -0.4 is 0 Å². The molecule has 0 radical (unpaired) electrons. The molecule has 20 heavy (non-hydrogen) atoms. The molecule has 2 rings (SSSR count). The lowest BCUT2D eigenvalue weighted by molar-refractivity contribution is 0.487. The van der Waals surface area contributed by atoms with Gasteiger partial charge in [-0.05, 0) is 35.4 Å². The molecule has 0 saturated heterocycles. The van der Waals surface area contributed by atoms with Crippen LogP contribution >= 0.6 is 0 Å². The lowest BCUT2D eigenvalue weighted by Crippen LogP contribution is -2.03. The van der Waals surface area contributed by atoms with Crippen molar-refractivity contribution >= 4 is 0 Å². The van der Waals surface area contributed by atoms with Crippen molar-refractivity contribution in [2.75, 3.05) is 0 Å². The maximum Gasteiger partial charge on any atom is 0.0624 e. The summed E-state index contributed by atoms with van der Waals surface area (Å²) in [5.41, 5.74) is 3.83. The van der Waals surface area contributed by atoms with Crippen LogP contribution in [0.3, 0.4) is 0 Å². The number of hydrogen-bond acceptors (Lipinski definition) is 1. The van der Waals surface area contributed by atoms with E-state index in [1.165, 1.54) is 16.7 Å². The first-order valence-electron chi connectivity index (χ1n) is 7.34. The third-order valence-corrected chi connectivity index (χ3v) is 3.66. The fourth-order valence-electron chi connectivity index (χ4n) is 2.61. The van der Waals surface area contributed by atoms with Gasteiger partial charge < -0.3 is 0 Å². The van der Waals surface area contributed by atoms with E-state index in [0.29, 0.717) is 12.3 Å². The van der Waals surface area contributed by atoms with Crippen LogP contribution in [0.15, 0.2) is 54.6 Å². The smallest absolute Gasteiger partial charge is 0.0624 e. The minimum Gasteiger partial charge on any atom is -0.198 e. The highest BCUT2D eigenvalue weighted by Gasteiger charge is 2.08. The van der Waals surface area contributed by atoms with Crippen molar-refractivity contribution in [3.8, 4) is 17.2 Å². The van der Waals surface area contributed by atoms with E-state index in [-0.39, 0.29) is 0 Å². The topological polar surface area (TPSA) is 23.8 Å². The molecule has 1 heteroatoms. The fraction of sp³-hybridized carbons (Fsp3) is 0.316. The second-order valence-corrected chi connectivity index (χ2v) is 5.28. The van der Waals surface area contributed by atoms with Gasteiger partial charge in [-0.3, -0.25) is 0 Å². The Balaban J connectivity index is 2.06. The Hall–Kier alpha value is -2.07. The van der Waals surface area contributed by atoms with Crippen molar-refractivity contribution in [3.05, 3.63) is 60.2 Å². The van der Waals surface area contributed by atoms with E-state index in [2.05, 4.69) is 61.5 Å². The van der Waals surface area contributed by atoms with E-state index in [4.69, 9.17) is 5.26 Å². The molecular weight excluding hydrogens is 242 g/mol. The summed E-state index contributed by atoms with van der Waals surface area (Å²) in [6, 6.07) is 21.5. The van der Waals surface area contributed by atoms with Crippen LogP contribution in [0.4, 0.5) is 0 Å². The van der Waals surface area contributed by atoms with Crippen LogP contribution in [0.1, 0.15) is 31.7 Å². The zero-order valence-corrected chi connectivity index (χ0v) is 12.0. The average Bonchev–Trinajstić information content (AvgIpc) is 2.49. The first-order chi connectivity index (χ1) is 9.83. The molecule has 0 N–H and O–H groups in total. The predicted octanol–water partition coefficient (Wildman–Crippen LogP) is 5.23. The normalized spacial score (nSPS) is 11.8. The summed E-state index contributed by atoms with van der Waals surface area (Å²) in [6.45, 7) is 2.18. The maximum absolute atomic E-state index is 8.88. The van der Waals surface area contributed by atoms with Crippen molar-refractivity contribution in [1.82, 2.24) is 0 Å². The maximum atomic E-state index is 8.88. The summed E-state index contributed by atoms with van der Waals surface area (Å²) in [4.78, 5) is 0. The van der Waals surface area contributed by atoms with Gasteiger partial charge in [0.1, 0.15) is 0 Å². The van der Waals surface area contributed by atoms with Crippen molar-refractivity contribution in [3.63, 3.8) is 0 Å². The van der Waals surface area contributed by atoms with Gasteiger partial charge in [0, 0.05) is 6.42 Å². The lowest BCUT2D eigenvalue weighted by atomic mass is 9.92. The zero-order valence-electron chi connectivity index (χ0n) is 12.0. The average molecular weight is 263 g/mol. The molecule has 0 aromatic heterocycles. The van der Waals surface area contributed by atoms with E-state index in [1.54, 1.807) is 0 Å². The Kier molecular flexibility index (Phi) is 5.38. The number of nitriles is 1. The number of benzene rings is 2. The largest absolute Gasteiger partial charge is 0.198 e. The van der Waals surface area contributed by atoms with Crippen LogP contribution in [-0.2, 0) is 6.42 Å². The van der Waals surface area contributed by atoms with Gasteiger partial charge in [0.25, 0.3) is 0 Å². The molecule has 0 fully saturated rings. The van der Waals surface area contributed by atoms with Crippen LogP contribution in [0.25, 0.3) is 11.1 Å². The van der Waals surface area contributed by atoms with Crippen LogP contribution in [0.2, 0.25) is 0 Å². The highest BCUT2D eigenvalue weighted by Crippen LogP contribution is 2.22. The van der Waals surface area contributed by atoms with Crippen molar-refractivity contribution in [1.29, 1.82) is 5.26 Å². The lowest BCUT2D eigenvalue weighted by Gasteiger charge is -2.12. The Labute approximate surface area is 121 Å². The second-order valence-electron chi connectivity index (χ2n) is 5.28. The van der Waals surface area contributed by atoms with E-state index < -0.39 is 0 Å². The molecule has 0 heterocycles. The minimum absolute atomic E-state index is 0.493. The Morgan fingerprint density at radius 1 is 0.950 bits per heavy atom. The summed E-state index contributed by atoms with van der Waals surface area (Å²) < 4.78 is 0.